The van der Waals surface area contributed by atoms with Crippen LogP contribution in [0, 0.1) is 13.8 Å². The first-order valence-electron chi connectivity index (χ1n) is 8.82. The summed E-state index contributed by atoms with van der Waals surface area (Å²) in [5, 5.41) is 4.11. The van der Waals surface area contributed by atoms with Gasteiger partial charge in [0.05, 0.1) is 11.4 Å². The normalized spacial score (nSPS) is 14.4. The summed E-state index contributed by atoms with van der Waals surface area (Å²) >= 11 is 6.31. The Labute approximate surface area is 157 Å². The Morgan fingerprint density at radius 3 is 2.85 bits per heavy atom. The summed E-state index contributed by atoms with van der Waals surface area (Å²) in [6, 6.07) is 10.1. The van der Waals surface area contributed by atoms with E-state index in [2.05, 4.69) is 23.3 Å². The van der Waals surface area contributed by atoms with Gasteiger partial charge in [0, 0.05) is 31.4 Å². The molecule has 0 radical (unpaired) electrons. The van der Waals surface area contributed by atoms with Crippen LogP contribution in [0.5, 0.6) is 0 Å². The van der Waals surface area contributed by atoms with E-state index in [1.54, 1.807) is 0 Å². The number of carbonyl (C=O) groups excluding carboxylic acids is 1. The molecule has 6 heteroatoms. The molecule has 1 fully saturated rings. The maximum Gasteiger partial charge on any atom is 0.227 e. The van der Waals surface area contributed by atoms with Gasteiger partial charge in [-0.05, 0) is 49.6 Å². The summed E-state index contributed by atoms with van der Waals surface area (Å²) in [5.74, 6) is 0.203. The SMILES string of the molecule is Cc1cccc(N2CCCC2=O)c1CNc1cccn2c(Cl)c(C)nc12. The zero-order valence-corrected chi connectivity index (χ0v) is 15.7. The first-order chi connectivity index (χ1) is 12.6. The van der Waals surface area contributed by atoms with E-state index in [1.807, 2.05) is 46.7 Å². The number of hydrogen-bond acceptors (Lipinski definition) is 3. The molecular weight excluding hydrogens is 348 g/mol. The van der Waals surface area contributed by atoms with E-state index in [0.29, 0.717) is 18.1 Å². The number of rotatable bonds is 4. The fourth-order valence-electron chi connectivity index (χ4n) is 3.55. The minimum atomic E-state index is 0.203. The Morgan fingerprint density at radius 1 is 1.23 bits per heavy atom. The number of hydrogen-bond donors (Lipinski definition) is 1. The minimum Gasteiger partial charge on any atom is -0.378 e. The van der Waals surface area contributed by atoms with Gasteiger partial charge < -0.3 is 10.2 Å². The quantitative estimate of drug-likeness (QED) is 0.745. The maximum atomic E-state index is 12.2. The number of aromatic nitrogens is 2. The molecule has 0 atom stereocenters. The first-order valence-corrected chi connectivity index (χ1v) is 9.20. The summed E-state index contributed by atoms with van der Waals surface area (Å²) in [6.07, 6.45) is 3.46. The predicted molar refractivity (Wildman–Crippen MR) is 105 cm³/mol. The summed E-state index contributed by atoms with van der Waals surface area (Å²) in [4.78, 5) is 18.7. The van der Waals surface area contributed by atoms with E-state index in [4.69, 9.17) is 11.6 Å². The van der Waals surface area contributed by atoms with Crippen molar-refractivity contribution in [2.75, 3.05) is 16.8 Å². The highest BCUT2D eigenvalue weighted by Crippen LogP contribution is 2.29. The average molecular weight is 369 g/mol. The van der Waals surface area contributed by atoms with Crippen LogP contribution in [0.4, 0.5) is 11.4 Å². The van der Waals surface area contributed by atoms with Gasteiger partial charge in [-0.1, -0.05) is 23.7 Å². The zero-order valence-electron chi connectivity index (χ0n) is 14.9. The Bertz CT molecular complexity index is 995. The van der Waals surface area contributed by atoms with Crippen LogP contribution in [-0.4, -0.2) is 21.8 Å². The number of benzene rings is 1. The van der Waals surface area contributed by atoms with Crippen LogP contribution < -0.4 is 10.2 Å². The van der Waals surface area contributed by atoms with Crippen molar-refractivity contribution >= 4 is 34.5 Å². The third-order valence-electron chi connectivity index (χ3n) is 4.96. The third kappa shape index (κ3) is 2.82. The standard InChI is InChI=1S/C20H21ClN4O/c1-13-6-3-8-17(24-10-5-9-18(24)26)15(13)12-22-16-7-4-11-25-19(21)14(2)23-20(16)25/h3-4,6-8,11,22H,5,9-10,12H2,1-2H3. The van der Waals surface area contributed by atoms with Gasteiger partial charge in [0.2, 0.25) is 5.91 Å². The van der Waals surface area contributed by atoms with Gasteiger partial charge in [-0.3, -0.25) is 9.20 Å². The molecule has 1 aliphatic heterocycles. The number of aryl methyl sites for hydroxylation is 2. The predicted octanol–water partition coefficient (Wildman–Crippen LogP) is 4.34. The highest BCUT2D eigenvalue weighted by Gasteiger charge is 2.24. The molecule has 5 nitrogen and oxygen atoms in total. The van der Waals surface area contributed by atoms with Gasteiger partial charge in [-0.15, -0.1) is 0 Å². The van der Waals surface area contributed by atoms with Crippen molar-refractivity contribution in [2.24, 2.45) is 0 Å². The summed E-state index contributed by atoms with van der Waals surface area (Å²) in [5.41, 5.74) is 5.84. The molecule has 0 bridgehead atoms. The van der Waals surface area contributed by atoms with Crippen LogP contribution in [0.1, 0.15) is 29.7 Å². The van der Waals surface area contributed by atoms with Crippen molar-refractivity contribution in [2.45, 2.75) is 33.2 Å². The molecule has 3 heterocycles. The van der Waals surface area contributed by atoms with E-state index >= 15 is 0 Å². The Hall–Kier alpha value is -2.53. The molecular formula is C20H21ClN4O. The highest BCUT2D eigenvalue weighted by atomic mass is 35.5. The van der Waals surface area contributed by atoms with Crippen molar-refractivity contribution in [3.05, 3.63) is 58.5 Å². The largest absolute Gasteiger partial charge is 0.378 e. The average Bonchev–Trinajstić information content (AvgIpc) is 3.18. The van der Waals surface area contributed by atoms with Crippen LogP contribution in [0.25, 0.3) is 5.65 Å². The molecule has 26 heavy (non-hydrogen) atoms. The molecule has 0 spiro atoms. The molecule has 0 saturated carbocycles. The number of amides is 1. The lowest BCUT2D eigenvalue weighted by Gasteiger charge is -2.22. The molecule has 2 aromatic heterocycles. The lowest BCUT2D eigenvalue weighted by Crippen LogP contribution is -2.25. The lowest BCUT2D eigenvalue weighted by atomic mass is 10.1. The van der Waals surface area contributed by atoms with E-state index in [0.717, 1.165) is 41.2 Å². The molecule has 1 N–H and O–H groups in total. The second-order valence-corrected chi connectivity index (χ2v) is 7.04. The Morgan fingerprint density at radius 2 is 2.08 bits per heavy atom. The molecule has 1 amide bonds. The number of halogens is 1. The fraction of sp³-hybridized carbons (Fsp3) is 0.300. The molecule has 0 aliphatic carbocycles. The number of carbonyl (C=O) groups is 1. The van der Waals surface area contributed by atoms with Gasteiger partial charge >= 0.3 is 0 Å². The number of anilines is 2. The summed E-state index contributed by atoms with van der Waals surface area (Å²) in [6.45, 7) is 5.39. The maximum absolute atomic E-state index is 12.2. The number of fused-ring (bicyclic) bond motifs is 1. The molecule has 1 aromatic carbocycles. The van der Waals surface area contributed by atoms with Crippen molar-refractivity contribution < 1.29 is 4.79 Å². The Balaban J connectivity index is 1.67. The number of nitrogens with one attached hydrogen (secondary N) is 1. The molecule has 1 saturated heterocycles. The van der Waals surface area contributed by atoms with Gasteiger partial charge in [0.15, 0.2) is 5.65 Å². The van der Waals surface area contributed by atoms with Gasteiger partial charge in [0.25, 0.3) is 0 Å². The van der Waals surface area contributed by atoms with Crippen molar-refractivity contribution in [1.29, 1.82) is 0 Å². The monoisotopic (exact) mass is 368 g/mol. The lowest BCUT2D eigenvalue weighted by molar-refractivity contribution is -0.117. The van der Waals surface area contributed by atoms with E-state index in [9.17, 15) is 4.79 Å². The third-order valence-corrected chi connectivity index (χ3v) is 5.41. The van der Waals surface area contributed by atoms with Crippen molar-refractivity contribution in [3.8, 4) is 0 Å². The number of nitrogens with zero attached hydrogens (tertiary/aromatic N) is 3. The summed E-state index contributed by atoms with van der Waals surface area (Å²) in [7, 11) is 0. The van der Waals surface area contributed by atoms with Crippen LogP contribution >= 0.6 is 11.6 Å². The topological polar surface area (TPSA) is 49.6 Å². The van der Waals surface area contributed by atoms with Crippen LogP contribution in [0.15, 0.2) is 36.5 Å². The highest BCUT2D eigenvalue weighted by molar-refractivity contribution is 6.30. The van der Waals surface area contributed by atoms with Crippen LogP contribution in [0.3, 0.4) is 0 Å². The molecule has 3 aromatic rings. The first kappa shape index (κ1) is 16.9. The summed E-state index contributed by atoms with van der Waals surface area (Å²) < 4.78 is 1.88. The number of pyridine rings is 1. The minimum absolute atomic E-state index is 0.203. The van der Waals surface area contributed by atoms with Crippen molar-refractivity contribution in [3.63, 3.8) is 0 Å². The zero-order chi connectivity index (χ0) is 18.3. The second kappa shape index (κ2) is 6.65. The van der Waals surface area contributed by atoms with E-state index in [1.165, 1.54) is 5.56 Å². The Kier molecular flexibility index (Phi) is 4.32. The second-order valence-electron chi connectivity index (χ2n) is 6.68. The molecule has 4 rings (SSSR count). The van der Waals surface area contributed by atoms with Crippen LogP contribution in [0.2, 0.25) is 5.15 Å². The van der Waals surface area contributed by atoms with E-state index < -0.39 is 0 Å². The van der Waals surface area contributed by atoms with Crippen LogP contribution in [-0.2, 0) is 11.3 Å². The van der Waals surface area contributed by atoms with Gasteiger partial charge in [-0.25, -0.2) is 4.98 Å². The molecule has 134 valence electrons. The number of imidazole rings is 1. The fourth-order valence-corrected chi connectivity index (χ4v) is 3.72. The van der Waals surface area contributed by atoms with Gasteiger partial charge in [0.1, 0.15) is 5.15 Å². The van der Waals surface area contributed by atoms with Gasteiger partial charge in [-0.2, -0.15) is 0 Å². The molecule has 0 unspecified atom stereocenters. The smallest absolute Gasteiger partial charge is 0.227 e. The molecule has 1 aliphatic rings. The van der Waals surface area contributed by atoms with E-state index in [-0.39, 0.29) is 5.91 Å². The van der Waals surface area contributed by atoms with Crippen molar-refractivity contribution in [1.82, 2.24) is 9.38 Å².